The fourth-order valence-corrected chi connectivity index (χ4v) is 2.19. The lowest BCUT2D eigenvalue weighted by atomic mass is 10.1. The standard InChI is InChI=1S/C19H18F3NO5/c1-2-26-15-9-5-6-10-16(15)27-12-18(25)28-11-17(24)23-14-8-4-3-7-13(14)19(20,21)22/h3-10H,2,11-12H2,1H3,(H,23,24). The molecule has 1 amide bonds. The maximum absolute atomic E-state index is 12.9. The van der Waals surface area contributed by atoms with Gasteiger partial charge in [0.1, 0.15) is 0 Å². The van der Waals surface area contributed by atoms with Gasteiger partial charge in [-0.05, 0) is 31.2 Å². The molecule has 0 bridgehead atoms. The van der Waals surface area contributed by atoms with Crippen molar-refractivity contribution in [3.63, 3.8) is 0 Å². The van der Waals surface area contributed by atoms with Gasteiger partial charge < -0.3 is 19.5 Å². The van der Waals surface area contributed by atoms with Crippen molar-refractivity contribution in [2.75, 3.05) is 25.1 Å². The lowest BCUT2D eigenvalue weighted by Gasteiger charge is -2.14. The summed E-state index contributed by atoms with van der Waals surface area (Å²) in [6, 6.07) is 11.2. The van der Waals surface area contributed by atoms with Crippen LogP contribution in [0.3, 0.4) is 0 Å². The van der Waals surface area contributed by atoms with Gasteiger partial charge in [-0.15, -0.1) is 0 Å². The second-order valence-corrected chi connectivity index (χ2v) is 5.42. The van der Waals surface area contributed by atoms with Gasteiger partial charge in [0, 0.05) is 0 Å². The molecule has 28 heavy (non-hydrogen) atoms. The van der Waals surface area contributed by atoms with E-state index in [9.17, 15) is 22.8 Å². The van der Waals surface area contributed by atoms with Crippen molar-refractivity contribution in [1.29, 1.82) is 0 Å². The van der Waals surface area contributed by atoms with Gasteiger partial charge in [-0.3, -0.25) is 4.79 Å². The number of anilines is 1. The molecule has 0 fully saturated rings. The molecule has 9 heteroatoms. The number of nitrogens with one attached hydrogen (secondary N) is 1. The number of halogens is 3. The molecule has 6 nitrogen and oxygen atoms in total. The van der Waals surface area contributed by atoms with Gasteiger partial charge in [0.2, 0.25) is 0 Å². The largest absolute Gasteiger partial charge is 0.490 e. The minimum Gasteiger partial charge on any atom is -0.490 e. The van der Waals surface area contributed by atoms with Crippen molar-refractivity contribution < 1.29 is 37.0 Å². The Morgan fingerprint density at radius 2 is 1.54 bits per heavy atom. The quantitative estimate of drug-likeness (QED) is 0.688. The van der Waals surface area contributed by atoms with E-state index < -0.39 is 42.5 Å². The predicted octanol–water partition coefficient (Wildman–Crippen LogP) is 3.66. The summed E-state index contributed by atoms with van der Waals surface area (Å²) in [5.41, 5.74) is -1.41. The van der Waals surface area contributed by atoms with Crippen LogP contribution >= 0.6 is 0 Å². The fraction of sp³-hybridized carbons (Fsp3) is 0.263. The summed E-state index contributed by atoms with van der Waals surface area (Å²) in [6.07, 6.45) is -4.62. The van der Waals surface area contributed by atoms with Crippen LogP contribution in [-0.2, 0) is 20.5 Å². The third kappa shape index (κ3) is 6.19. The lowest BCUT2D eigenvalue weighted by molar-refractivity contribution is -0.149. The molecule has 0 spiro atoms. The first-order valence-corrected chi connectivity index (χ1v) is 8.27. The van der Waals surface area contributed by atoms with Gasteiger partial charge in [0.25, 0.3) is 5.91 Å². The van der Waals surface area contributed by atoms with Crippen LogP contribution in [-0.4, -0.2) is 31.7 Å². The molecule has 0 aliphatic carbocycles. The van der Waals surface area contributed by atoms with Crippen molar-refractivity contribution >= 4 is 17.6 Å². The molecule has 0 aliphatic rings. The van der Waals surface area contributed by atoms with Crippen LogP contribution in [0.25, 0.3) is 0 Å². The van der Waals surface area contributed by atoms with E-state index in [0.29, 0.717) is 18.1 Å². The van der Waals surface area contributed by atoms with Gasteiger partial charge in [-0.2, -0.15) is 13.2 Å². The van der Waals surface area contributed by atoms with Crippen LogP contribution in [0.15, 0.2) is 48.5 Å². The van der Waals surface area contributed by atoms with Crippen LogP contribution in [0, 0.1) is 0 Å². The molecule has 2 aromatic carbocycles. The summed E-state index contributed by atoms with van der Waals surface area (Å²) < 4.78 is 54.0. The highest BCUT2D eigenvalue weighted by Crippen LogP contribution is 2.34. The Morgan fingerprint density at radius 3 is 2.18 bits per heavy atom. The van der Waals surface area contributed by atoms with Gasteiger partial charge >= 0.3 is 12.1 Å². The molecule has 0 saturated carbocycles. The van der Waals surface area contributed by atoms with Crippen molar-refractivity contribution in [2.24, 2.45) is 0 Å². The number of carbonyl (C=O) groups excluding carboxylic acids is 2. The molecule has 0 radical (unpaired) electrons. The van der Waals surface area contributed by atoms with Crippen molar-refractivity contribution in [3.05, 3.63) is 54.1 Å². The topological polar surface area (TPSA) is 73.9 Å². The molecule has 0 aliphatic heterocycles. The first-order chi connectivity index (χ1) is 13.3. The second-order valence-electron chi connectivity index (χ2n) is 5.42. The van der Waals surface area contributed by atoms with Crippen LogP contribution < -0.4 is 14.8 Å². The summed E-state index contributed by atoms with van der Waals surface area (Å²) in [5.74, 6) is -0.991. The van der Waals surface area contributed by atoms with Gasteiger partial charge in [-0.25, -0.2) is 4.79 Å². The molecule has 150 valence electrons. The highest BCUT2D eigenvalue weighted by Gasteiger charge is 2.33. The fourth-order valence-electron chi connectivity index (χ4n) is 2.19. The average molecular weight is 397 g/mol. The van der Waals surface area contributed by atoms with E-state index in [-0.39, 0.29) is 0 Å². The number of hydrogen-bond donors (Lipinski definition) is 1. The SMILES string of the molecule is CCOc1ccccc1OCC(=O)OCC(=O)Nc1ccccc1C(F)(F)F. The third-order valence-electron chi connectivity index (χ3n) is 3.37. The zero-order chi connectivity index (χ0) is 20.6. The zero-order valence-electron chi connectivity index (χ0n) is 14.9. The third-order valence-corrected chi connectivity index (χ3v) is 3.37. The number of rotatable bonds is 8. The Morgan fingerprint density at radius 1 is 0.929 bits per heavy atom. The van der Waals surface area contributed by atoms with E-state index in [1.54, 1.807) is 31.2 Å². The maximum Gasteiger partial charge on any atom is 0.418 e. The van der Waals surface area contributed by atoms with Crippen LogP contribution in [0.4, 0.5) is 18.9 Å². The molecule has 0 saturated heterocycles. The highest BCUT2D eigenvalue weighted by atomic mass is 19.4. The molecule has 0 unspecified atom stereocenters. The average Bonchev–Trinajstić information content (AvgIpc) is 2.65. The number of alkyl halides is 3. The van der Waals surface area contributed by atoms with Crippen LogP contribution in [0.5, 0.6) is 11.5 Å². The number of benzene rings is 2. The molecule has 0 aromatic heterocycles. The maximum atomic E-state index is 12.9. The van der Waals surface area contributed by atoms with E-state index in [2.05, 4.69) is 5.32 Å². The monoisotopic (exact) mass is 397 g/mol. The first kappa shape index (κ1) is 21.1. The smallest absolute Gasteiger partial charge is 0.418 e. The first-order valence-electron chi connectivity index (χ1n) is 8.27. The Kier molecular flexibility index (Phi) is 7.25. The molecule has 0 atom stereocenters. The molecule has 2 aromatic rings. The van der Waals surface area contributed by atoms with Crippen molar-refractivity contribution in [3.8, 4) is 11.5 Å². The Hall–Kier alpha value is -3.23. The molecule has 1 N–H and O–H groups in total. The van der Waals surface area contributed by atoms with E-state index in [1.807, 2.05) is 0 Å². The number of ether oxygens (including phenoxy) is 3. The second kappa shape index (κ2) is 9.63. The summed E-state index contributed by atoms with van der Waals surface area (Å²) >= 11 is 0. The van der Waals surface area contributed by atoms with Crippen molar-refractivity contribution in [2.45, 2.75) is 13.1 Å². The van der Waals surface area contributed by atoms with Crippen LogP contribution in [0.2, 0.25) is 0 Å². The summed E-state index contributed by atoms with van der Waals surface area (Å²) in [5, 5.41) is 2.08. The van der Waals surface area contributed by atoms with E-state index >= 15 is 0 Å². The molecular formula is C19H18F3NO5. The molecule has 0 heterocycles. The zero-order valence-corrected chi connectivity index (χ0v) is 14.9. The number of carbonyl (C=O) groups is 2. The number of esters is 1. The molecular weight excluding hydrogens is 379 g/mol. The van der Waals surface area contributed by atoms with Gasteiger partial charge in [0.15, 0.2) is 24.7 Å². The normalized spacial score (nSPS) is 10.9. The minimum atomic E-state index is -4.62. The Bertz CT molecular complexity index is 823. The number of para-hydroxylation sites is 3. The summed E-state index contributed by atoms with van der Waals surface area (Å²) in [4.78, 5) is 23.5. The minimum absolute atomic E-state index is 0.324. The number of amides is 1. The molecule has 2 rings (SSSR count). The summed E-state index contributed by atoms with van der Waals surface area (Å²) in [6.45, 7) is 0.961. The lowest BCUT2D eigenvalue weighted by Crippen LogP contribution is -2.24. The van der Waals surface area contributed by atoms with Crippen LogP contribution in [0.1, 0.15) is 12.5 Å². The number of hydrogen-bond acceptors (Lipinski definition) is 5. The Labute approximate surface area is 159 Å². The highest BCUT2D eigenvalue weighted by molar-refractivity contribution is 5.93. The Balaban J connectivity index is 1.85. The summed E-state index contributed by atoms with van der Waals surface area (Å²) in [7, 11) is 0. The van der Waals surface area contributed by atoms with E-state index in [4.69, 9.17) is 14.2 Å². The van der Waals surface area contributed by atoms with Gasteiger partial charge in [-0.1, -0.05) is 24.3 Å². The van der Waals surface area contributed by atoms with Crippen molar-refractivity contribution in [1.82, 2.24) is 0 Å². The van der Waals surface area contributed by atoms with E-state index in [1.165, 1.54) is 12.1 Å². The van der Waals surface area contributed by atoms with Gasteiger partial charge in [0.05, 0.1) is 17.9 Å². The predicted molar refractivity (Wildman–Crippen MR) is 94.1 cm³/mol. The van der Waals surface area contributed by atoms with E-state index in [0.717, 1.165) is 12.1 Å².